The van der Waals surface area contributed by atoms with Gasteiger partial charge in [-0.25, -0.2) is 9.78 Å². The van der Waals surface area contributed by atoms with Crippen LogP contribution in [0.5, 0.6) is 0 Å². The molecule has 1 unspecified atom stereocenters. The van der Waals surface area contributed by atoms with Crippen molar-refractivity contribution in [3.8, 4) is 0 Å². The summed E-state index contributed by atoms with van der Waals surface area (Å²) >= 11 is 0. The van der Waals surface area contributed by atoms with E-state index in [0.717, 1.165) is 12.8 Å². The van der Waals surface area contributed by atoms with Crippen LogP contribution in [0.3, 0.4) is 0 Å². The lowest BCUT2D eigenvalue weighted by Gasteiger charge is -2.61. The summed E-state index contributed by atoms with van der Waals surface area (Å²) in [5, 5.41) is 0. The Hall–Kier alpha value is -0.670. The molecule has 26 heavy (non-hydrogen) atoms. The minimum absolute atomic E-state index is 0.0415. The second-order valence-corrected chi connectivity index (χ2v) is 8.05. The van der Waals surface area contributed by atoms with Gasteiger partial charge in [0, 0.05) is 18.9 Å². The molecule has 0 N–H and O–H groups in total. The maximum Gasteiger partial charge on any atom is 0.447 e. The van der Waals surface area contributed by atoms with Gasteiger partial charge in [0.2, 0.25) is 5.79 Å². The predicted octanol–water partition coefficient (Wildman–Crippen LogP) is 4.08. The number of halogens is 3. The van der Waals surface area contributed by atoms with E-state index in [2.05, 4.69) is 13.5 Å². The molecular formula is C18H25F3O5. The highest BCUT2D eigenvalue weighted by Crippen LogP contribution is 2.63. The Morgan fingerprint density at radius 1 is 1.19 bits per heavy atom. The molecule has 2 bridgehead atoms. The molecule has 0 amide bonds. The van der Waals surface area contributed by atoms with E-state index >= 15 is 0 Å². The molecule has 148 valence electrons. The summed E-state index contributed by atoms with van der Waals surface area (Å²) in [6.45, 7) is 8.88. The Labute approximate surface area is 150 Å². The van der Waals surface area contributed by atoms with Crippen LogP contribution in [0.15, 0.2) is 12.2 Å². The first-order valence-electron chi connectivity index (χ1n) is 9.22. The lowest BCUT2D eigenvalue weighted by Crippen LogP contribution is -2.73. The van der Waals surface area contributed by atoms with Crippen molar-refractivity contribution < 1.29 is 37.2 Å². The molecule has 5 aliphatic rings. The SMILES string of the molecule is C=C1[C@@H]2CC[C@@H](C)C3CC[C@]4(C)OO[C@]32[C@@H](O4)O[C@@]1(OCC)C(F)(F)F. The largest absolute Gasteiger partial charge is 0.447 e. The van der Waals surface area contributed by atoms with E-state index in [9.17, 15) is 13.2 Å². The molecule has 5 fully saturated rings. The molecule has 8 heteroatoms. The van der Waals surface area contributed by atoms with E-state index in [1.807, 2.05) is 0 Å². The maximum absolute atomic E-state index is 14.1. The topological polar surface area (TPSA) is 46.2 Å². The fourth-order valence-electron chi connectivity index (χ4n) is 5.26. The van der Waals surface area contributed by atoms with Crippen LogP contribution in [0.1, 0.15) is 46.5 Å². The van der Waals surface area contributed by atoms with Crippen LogP contribution in [0.2, 0.25) is 0 Å². The van der Waals surface area contributed by atoms with Gasteiger partial charge in [0.15, 0.2) is 11.9 Å². The van der Waals surface area contributed by atoms with Crippen molar-refractivity contribution in [2.24, 2.45) is 17.8 Å². The lowest BCUT2D eigenvalue weighted by molar-refractivity contribution is -0.582. The summed E-state index contributed by atoms with van der Waals surface area (Å²) in [5.74, 6) is -4.45. The Morgan fingerprint density at radius 2 is 1.92 bits per heavy atom. The third kappa shape index (κ3) is 2.22. The van der Waals surface area contributed by atoms with Gasteiger partial charge in [-0.15, -0.1) is 0 Å². The average molecular weight is 378 g/mol. The molecule has 7 atom stereocenters. The van der Waals surface area contributed by atoms with Crippen molar-refractivity contribution in [3.05, 3.63) is 12.2 Å². The smallest absolute Gasteiger partial charge is 0.339 e. The molecule has 0 aromatic rings. The van der Waals surface area contributed by atoms with E-state index in [1.54, 1.807) is 6.92 Å². The summed E-state index contributed by atoms with van der Waals surface area (Å²) in [6, 6.07) is 0. The minimum atomic E-state index is -4.78. The highest BCUT2D eigenvalue weighted by atomic mass is 19.4. The zero-order valence-electron chi connectivity index (χ0n) is 15.2. The van der Waals surface area contributed by atoms with Gasteiger partial charge in [-0.05, 0) is 50.5 Å². The number of rotatable bonds is 2. The third-order valence-corrected chi connectivity index (χ3v) is 6.56. The first kappa shape index (κ1) is 18.7. The molecule has 0 aromatic heterocycles. The van der Waals surface area contributed by atoms with Crippen molar-refractivity contribution in [3.63, 3.8) is 0 Å². The number of alkyl halides is 3. The summed E-state index contributed by atoms with van der Waals surface area (Å²) in [4.78, 5) is 11.4. The van der Waals surface area contributed by atoms with Crippen LogP contribution in [0.4, 0.5) is 13.2 Å². The van der Waals surface area contributed by atoms with Gasteiger partial charge in [0.1, 0.15) is 0 Å². The van der Waals surface area contributed by atoms with Crippen LogP contribution in [0.25, 0.3) is 0 Å². The number of hydrogen-bond acceptors (Lipinski definition) is 5. The van der Waals surface area contributed by atoms with E-state index in [0.29, 0.717) is 12.8 Å². The van der Waals surface area contributed by atoms with Crippen molar-refractivity contribution in [2.75, 3.05) is 6.61 Å². The second kappa shape index (κ2) is 5.67. The second-order valence-electron chi connectivity index (χ2n) is 8.05. The molecule has 5 nitrogen and oxygen atoms in total. The first-order valence-corrected chi connectivity index (χ1v) is 9.22. The highest BCUT2D eigenvalue weighted by Gasteiger charge is 2.76. The zero-order chi connectivity index (χ0) is 19.0. The molecule has 1 spiro atoms. The van der Waals surface area contributed by atoms with Crippen molar-refractivity contribution >= 4 is 0 Å². The fourth-order valence-corrected chi connectivity index (χ4v) is 5.26. The van der Waals surface area contributed by atoms with E-state index in [1.165, 1.54) is 6.92 Å². The predicted molar refractivity (Wildman–Crippen MR) is 83.4 cm³/mol. The van der Waals surface area contributed by atoms with Gasteiger partial charge in [-0.2, -0.15) is 13.2 Å². The van der Waals surface area contributed by atoms with Gasteiger partial charge in [0.05, 0.1) is 0 Å². The van der Waals surface area contributed by atoms with Crippen molar-refractivity contribution in [1.29, 1.82) is 0 Å². The van der Waals surface area contributed by atoms with Gasteiger partial charge in [-0.3, -0.25) is 0 Å². The highest BCUT2D eigenvalue weighted by molar-refractivity contribution is 5.27. The summed E-state index contributed by atoms with van der Waals surface area (Å²) < 4.78 is 59.0. The Morgan fingerprint density at radius 3 is 2.58 bits per heavy atom. The molecule has 5 rings (SSSR count). The minimum Gasteiger partial charge on any atom is -0.339 e. The van der Waals surface area contributed by atoms with Gasteiger partial charge >= 0.3 is 6.18 Å². The summed E-state index contributed by atoms with van der Waals surface area (Å²) in [7, 11) is 0. The Kier molecular flexibility index (Phi) is 4.07. The van der Waals surface area contributed by atoms with Gasteiger partial charge in [-0.1, -0.05) is 13.5 Å². The van der Waals surface area contributed by atoms with Crippen LogP contribution >= 0.6 is 0 Å². The number of fused-ring (bicyclic) bond motifs is 2. The third-order valence-electron chi connectivity index (χ3n) is 6.56. The van der Waals surface area contributed by atoms with Crippen molar-refractivity contribution in [2.45, 2.75) is 76.1 Å². The van der Waals surface area contributed by atoms with Gasteiger partial charge in [0.25, 0.3) is 5.79 Å². The normalized spacial score (nSPS) is 51.1. The summed E-state index contributed by atoms with van der Waals surface area (Å²) in [6.07, 6.45) is -3.49. The Balaban J connectivity index is 1.86. The molecule has 0 aromatic carbocycles. The van der Waals surface area contributed by atoms with E-state index in [4.69, 9.17) is 24.0 Å². The molecule has 0 radical (unpaired) electrons. The Bertz CT molecular complexity index is 610. The van der Waals surface area contributed by atoms with E-state index < -0.39 is 35.6 Å². The first-order chi connectivity index (χ1) is 12.1. The van der Waals surface area contributed by atoms with Crippen molar-refractivity contribution in [1.82, 2.24) is 0 Å². The summed E-state index contributed by atoms with van der Waals surface area (Å²) in [5.41, 5.74) is -1.28. The number of ether oxygens (including phenoxy) is 3. The standard InChI is InChI=1S/C18H25F3O5/c1-5-22-17(18(19,20)21)11(3)13-7-6-10(2)12-8-9-15(4)23-14(24-17)16(12,13)26-25-15/h10,12-14H,3,5-9H2,1-2,4H3/t10-,12?,13+,14+,15+,16-,17-/m1/s1. The maximum atomic E-state index is 14.1. The average Bonchev–Trinajstić information content (AvgIpc) is 2.78. The lowest BCUT2D eigenvalue weighted by atomic mass is 9.58. The zero-order valence-corrected chi connectivity index (χ0v) is 15.2. The monoisotopic (exact) mass is 378 g/mol. The molecule has 1 aliphatic carbocycles. The van der Waals surface area contributed by atoms with Crippen LogP contribution < -0.4 is 0 Å². The van der Waals surface area contributed by atoms with Crippen LogP contribution in [-0.2, 0) is 24.0 Å². The van der Waals surface area contributed by atoms with Crippen LogP contribution in [0, 0.1) is 17.8 Å². The van der Waals surface area contributed by atoms with Crippen LogP contribution in [-0.4, -0.2) is 36.2 Å². The van der Waals surface area contributed by atoms with E-state index in [-0.39, 0.29) is 24.0 Å². The number of hydrogen-bond donors (Lipinski definition) is 0. The quantitative estimate of drug-likeness (QED) is 0.535. The molecular weight excluding hydrogens is 353 g/mol. The molecule has 4 saturated heterocycles. The molecule has 4 aliphatic heterocycles. The van der Waals surface area contributed by atoms with Gasteiger partial charge < -0.3 is 14.2 Å². The molecule has 1 saturated carbocycles. The molecule has 4 heterocycles. The fraction of sp³-hybridized carbons (Fsp3) is 0.889.